The third-order valence-corrected chi connectivity index (χ3v) is 6.18. The van der Waals surface area contributed by atoms with Crippen LogP contribution in [-0.2, 0) is 0 Å². The third kappa shape index (κ3) is 3.31. The molecule has 4 nitrogen and oxygen atoms in total. The van der Waals surface area contributed by atoms with E-state index in [1.54, 1.807) is 18.0 Å². The van der Waals surface area contributed by atoms with Crippen molar-refractivity contribution in [3.8, 4) is 11.4 Å². The van der Waals surface area contributed by atoms with Crippen molar-refractivity contribution in [3.05, 3.63) is 100 Å². The number of nitrogens with zero attached hydrogens (tertiary/aromatic N) is 2. The highest BCUT2D eigenvalue weighted by Crippen LogP contribution is 2.35. The van der Waals surface area contributed by atoms with Crippen LogP contribution in [0.1, 0.15) is 11.1 Å². The summed E-state index contributed by atoms with van der Waals surface area (Å²) in [5.41, 5.74) is 4.50. The molecule has 2 aromatic heterocycles. The second kappa shape index (κ2) is 7.84. The van der Waals surface area contributed by atoms with Crippen molar-refractivity contribution in [2.75, 3.05) is 12.4 Å². The fraction of sp³-hybridized carbons (Fsp3) is 0.120. The second-order valence-electron chi connectivity index (χ2n) is 7.20. The Labute approximate surface area is 178 Å². The fourth-order valence-corrected chi connectivity index (χ4v) is 4.81. The molecule has 148 valence electrons. The lowest BCUT2D eigenvalue weighted by molar-refractivity contribution is 0.369. The number of ether oxygens (including phenoxy) is 1. The molecule has 5 rings (SSSR count). The highest BCUT2D eigenvalue weighted by atomic mass is 32.2. The maximum absolute atomic E-state index is 13.5. The maximum Gasteiger partial charge on any atom is 0.199 e. The first kappa shape index (κ1) is 18.7. The number of fused-ring (bicyclic) bond motifs is 2. The van der Waals surface area contributed by atoms with Crippen LogP contribution in [0.25, 0.3) is 22.3 Å². The highest BCUT2D eigenvalue weighted by Gasteiger charge is 2.24. The van der Waals surface area contributed by atoms with Gasteiger partial charge in [-0.2, -0.15) is 0 Å². The number of pyridine rings is 2. The van der Waals surface area contributed by atoms with Crippen molar-refractivity contribution in [1.29, 1.82) is 0 Å². The van der Waals surface area contributed by atoms with E-state index >= 15 is 0 Å². The van der Waals surface area contributed by atoms with Crippen molar-refractivity contribution in [1.82, 2.24) is 9.55 Å². The van der Waals surface area contributed by atoms with Crippen molar-refractivity contribution in [3.63, 3.8) is 0 Å². The van der Waals surface area contributed by atoms with E-state index in [-0.39, 0.29) is 5.43 Å². The van der Waals surface area contributed by atoms with E-state index in [2.05, 4.69) is 15.6 Å². The van der Waals surface area contributed by atoms with E-state index in [1.165, 1.54) is 5.56 Å². The van der Waals surface area contributed by atoms with Gasteiger partial charge in [0.25, 0.3) is 0 Å². The van der Waals surface area contributed by atoms with Gasteiger partial charge in [0.05, 0.1) is 16.0 Å². The van der Waals surface area contributed by atoms with Crippen molar-refractivity contribution < 1.29 is 4.74 Å². The zero-order chi connectivity index (χ0) is 20.5. The lowest BCUT2D eigenvalue weighted by Gasteiger charge is -2.23. The first-order chi connectivity index (χ1) is 14.7. The summed E-state index contributed by atoms with van der Waals surface area (Å²) in [4.78, 5) is 18.0. The molecule has 0 unspecified atom stereocenters. The molecule has 30 heavy (non-hydrogen) atoms. The first-order valence-corrected chi connectivity index (χ1v) is 10.8. The summed E-state index contributed by atoms with van der Waals surface area (Å²) >= 11 is 1.66. The molecule has 2 aromatic carbocycles. The Bertz CT molecular complexity index is 1310. The zero-order valence-corrected chi connectivity index (χ0v) is 17.4. The van der Waals surface area contributed by atoms with Crippen LogP contribution in [0.15, 0.2) is 88.8 Å². The maximum atomic E-state index is 13.5. The van der Waals surface area contributed by atoms with E-state index in [1.807, 2.05) is 73.7 Å². The van der Waals surface area contributed by atoms with Gasteiger partial charge in [-0.25, -0.2) is 4.98 Å². The molecule has 0 spiro atoms. The van der Waals surface area contributed by atoms with Crippen LogP contribution in [0.3, 0.4) is 0 Å². The number of aryl methyl sites for hydroxylation is 1. The molecule has 0 N–H and O–H groups in total. The fourth-order valence-electron chi connectivity index (χ4n) is 3.68. The van der Waals surface area contributed by atoms with Crippen LogP contribution in [0.5, 0.6) is 5.75 Å². The van der Waals surface area contributed by atoms with Gasteiger partial charge in [-0.15, -0.1) is 11.8 Å². The number of para-hydroxylation sites is 1. The van der Waals surface area contributed by atoms with E-state index < -0.39 is 0 Å². The number of hydrogen-bond donors (Lipinski definition) is 0. The molecule has 0 fully saturated rings. The lowest BCUT2D eigenvalue weighted by atomic mass is 10.0. The van der Waals surface area contributed by atoms with Crippen LogP contribution in [-0.4, -0.2) is 21.9 Å². The van der Waals surface area contributed by atoms with Gasteiger partial charge < -0.3 is 4.74 Å². The highest BCUT2D eigenvalue weighted by molar-refractivity contribution is 7.99. The van der Waals surface area contributed by atoms with Crippen LogP contribution >= 0.6 is 11.8 Å². The summed E-state index contributed by atoms with van der Waals surface area (Å²) in [6.45, 7) is 2.40. The Kier molecular flexibility index (Phi) is 4.89. The number of rotatable bonds is 4. The van der Waals surface area contributed by atoms with E-state index in [0.29, 0.717) is 23.2 Å². The van der Waals surface area contributed by atoms with E-state index in [0.717, 1.165) is 27.8 Å². The molecule has 0 bridgehead atoms. The minimum Gasteiger partial charge on any atom is -0.489 e. The summed E-state index contributed by atoms with van der Waals surface area (Å²) in [7, 11) is 0. The molecule has 1 aliphatic heterocycles. The standard InChI is InChI=1S/C25H20N2O2S/c1-17-9-11-20(12-10-17)29-16-18-13-15-30-25-22(18)23(28)21-8-5-14-26-24(21)27(25)19-6-3-2-4-7-19/h2-14H,15-16H2,1H3. The monoisotopic (exact) mass is 412 g/mol. The van der Waals surface area contributed by atoms with E-state index in [4.69, 9.17) is 4.74 Å². The van der Waals surface area contributed by atoms with Crippen molar-refractivity contribution in [2.24, 2.45) is 0 Å². The van der Waals surface area contributed by atoms with Crippen LogP contribution in [0, 0.1) is 6.92 Å². The molecule has 4 aromatic rings. The predicted molar refractivity (Wildman–Crippen MR) is 123 cm³/mol. The minimum atomic E-state index is 0.00578. The quantitative estimate of drug-likeness (QED) is 0.458. The van der Waals surface area contributed by atoms with Gasteiger partial charge in [0.1, 0.15) is 18.0 Å². The smallest absolute Gasteiger partial charge is 0.199 e. The van der Waals surface area contributed by atoms with Gasteiger partial charge in [0.2, 0.25) is 0 Å². The van der Waals surface area contributed by atoms with Gasteiger partial charge in [0.15, 0.2) is 5.43 Å². The van der Waals surface area contributed by atoms with Crippen molar-refractivity contribution in [2.45, 2.75) is 11.9 Å². The van der Waals surface area contributed by atoms with Crippen LogP contribution in [0.2, 0.25) is 0 Å². The Morgan fingerprint density at radius 3 is 2.63 bits per heavy atom. The Hall–Kier alpha value is -3.31. The van der Waals surface area contributed by atoms with Crippen LogP contribution in [0.4, 0.5) is 0 Å². The molecule has 0 radical (unpaired) electrons. The molecule has 3 heterocycles. The third-order valence-electron chi connectivity index (χ3n) is 5.19. The minimum absolute atomic E-state index is 0.00578. The van der Waals surface area contributed by atoms with Crippen LogP contribution < -0.4 is 10.2 Å². The molecule has 0 amide bonds. The number of aromatic nitrogens is 2. The average Bonchev–Trinajstić information content (AvgIpc) is 2.79. The van der Waals surface area contributed by atoms with Gasteiger partial charge >= 0.3 is 0 Å². The number of thioether (sulfide) groups is 1. The average molecular weight is 413 g/mol. The first-order valence-electron chi connectivity index (χ1n) is 9.83. The zero-order valence-electron chi connectivity index (χ0n) is 16.5. The molecule has 0 atom stereocenters. The summed E-state index contributed by atoms with van der Waals surface area (Å²) < 4.78 is 8.12. The molecular weight excluding hydrogens is 392 g/mol. The Balaban J connectivity index is 1.65. The molecule has 5 heteroatoms. The second-order valence-corrected chi connectivity index (χ2v) is 8.21. The lowest BCUT2D eigenvalue weighted by Crippen LogP contribution is -2.21. The van der Waals surface area contributed by atoms with Gasteiger partial charge in [-0.05, 0) is 48.9 Å². The molecule has 0 saturated heterocycles. The van der Waals surface area contributed by atoms with Gasteiger partial charge in [0, 0.05) is 17.6 Å². The number of hydrogen-bond acceptors (Lipinski definition) is 4. The molecule has 0 aliphatic carbocycles. The Morgan fingerprint density at radius 1 is 1.03 bits per heavy atom. The SMILES string of the molecule is Cc1ccc(OCC2=CCSc3c2c(=O)c2cccnc2n3-c2ccccc2)cc1. The molecule has 1 aliphatic rings. The van der Waals surface area contributed by atoms with E-state index in [9.17, 15) is 4.79 Å². The predicted octanol–water partition coefficient (Wildman–Crippen LogP) is 5.26. The topological polar surface area (TPSA) is 44.1 Å². The van der Waals surface area contributed by atoms with Crippen molar-refractivity contribution >= 4 is 28.4 Å². The van der Waals surface area contributed by atoms with Gasteiger partial charge in [-0.1, -0.05) is 42.0 Å². The largest absolute Gasteiger partial charge is 0.489 e. The normalized spacial score (nSPS) is 13.0. The van der Waals surface area contributed by atoms with Gasteiger partial charge in [-0.3, -0.25) is 9.36 Å². The number of benzene rings is 2. The molecule has 0 saturated carbocycles. The summed E-state index contributed by atoms with van der Waals surface area (Å²) in [6, 6.07) is 21.7. The Morgan fingerprint density at radius 2 is 1.83 bits per heavy atom. The summed E-state index contributed by atoms with van der Waals surface area (Å²) in [6.07, 6.45) is 3.83. The summed E-state index contributed by atoms with van der Waals surface area (Å²) in [5, 5.41) is 1.53. The molecular formula is C25H20N2O2S. The summed E-state index contributed by atoms with van der Waals surface area (Å²) in [5.74, 6) is 1.58.